The molecule has 0 aliphatic heterocycles. The van der Waals surface area contributed by atoms with Crippen LogP contribution in [0.5, 0.6) is 0 Å². The molecule has 0 aliphatic carbocycles. The smallest absolute Gasteiger partial charge is 0.217 e. The van der Waals surface area contributed by atoms with Gasteiger partial charge in [-0.3, -0.25) is 13.8 Å². The Morgan fingerprint density at radius 1 is 0.520 bits per heavy atom. The average molecular weight is 734 g/mol. The van der Waals surface area contributed by atoms with Crippen molar-refractivity contribution in [1.82, 2.24) is 6.15 Å². The van der Waals surface area contributed by atoms with Gasteiger partial charge in [0.2, 0.25) is 10.4 Å². The predicted octanol–water partition coefficient (Wildman–Crippen LogP) is 12.3. The van der Waals surface area contributed by atoms with E-state index in [9.17, 15) is 27.7 Å². The minimum Gasteiger partial charge on any atom is -0.726 e. The van der Waals surface area contributed by atoms with E-state index in [1.807, 2.05) is 0 Å². The van der Waals surface area contributed by atoms with Crippen molar-refractivity contribution in [2.24, 2.45) is 5.92 Å². The lowest BCUT2D eigenvalue weighted by Gasteiger charge is -2.23. The van der Waals surface area contributed by atoms with E-state index >= 15 is 0 Å². The van der Waals surface area contributed by atoms with Gasteiger partial charge in [-0.2, -0.15) is 0 Å². The fraction of sp³-hybridized carbons (Fsp3) is 0.951. The van der Waals surface area contributed by atoms with E-state index in [1.165, 1.54) is 141 Å². The molecule has 50 heavy (non-hydrogen) atoms. The molecule has 0 saturated heterocycles. The maximum absolute atomic E-state index is 13.2. The number of carbonyl (C=O) groups excluding carboxylic acids is 2. The number of aliphatic hydroxyl groups is 1. The molecule has 5 N–H and O–H groups in total. The molecular weight excluding hydrogens is 651 g/mol. The highest BCUT2D eigenvalue weighted by Crippen LogP contribution is 2.23. The van der Waals surface area contributed by atoms with E-state index in [2.05, 4.69) is 18.0 Å². The lowest BCUT2D eigenvalue weighted by atomic mass is 9.86. The Kier molecular flexibility index (Phi) is 38.8. The molecule has 9 heteroatoms. The summed E-state index contributed by atoms with van der Waals surface area (Å²) in [5.74, 6) is -1.39. The first kappa shape index (κ1) is 51.2. The zero-order valence-corrected chi connectivity index (χ0v) is 34.0. The van der Waals surface area contributed by atoms with Gasteiger partial charge in [0.1, 0.15) is 11.6 Å². The van der Waals surface area contributed by atoms with Crippen LogP contribution in [0.3, 0.4) is 0 Å². The number of ketones is 2. The highest BCUT2D eigenvalue weighted by Gasteiger charge is 2.30. The molecule has 300 valence electrons. The van der Waals surface area contributed by atoms with Crippen molar-refractivity contribution < 1.29 is 31.8 Å². The maximum Gasteiger partial charge on any atom is 0.217 e. The van der Waals surface area contributed by atoms with Gasteiger partial charge < -0.3 is 15.8 Å². The Hall–Kier alpha value is -0.870. The Bertz CT molecular complexity index is 806. The first-order valence-electron chi connectivity index (χ1n) is 21.1. The Labute approximate surface area is 310 Å². The summed E-state index contributed by atoms with van der Waals surface area (Å²) in [5, 5.41) is 9.38. The molecule has 0 saturated carbocycles. The highest BCUT2D eigenvalue weighted by molar-refractivity contribution is 7.80. The number of carbonyl (C=O) groups is 2. The van der Waals surface area contributed by atoms with E-state index in [0.29, 0.717) is 12.8 Å². The van der Waals surface area contributed by atoms with E-state index in [1.54, 1.807) is 0 Å². The van der Waals surface area contributed by atoms with E-state index in [4.69, 9.17) is 0 Å². The van der Waals surface area contributed by atoms with Crippen LogP contribution in [0, 0.1) is 5.92 Å². The molecule has 0 heterocycles. The number of hydrogen-bond donors (Lipinski definition) is 2. The molecule has 0 bridgehead atoms. The van der Waals surface area contributed by atoms with E-state index in [-0.39, 0.29) is 43.4 Å². The van der Waals surface area contributed by atoms with Crippen LogP contribution < -0.4 is 6.15 Å². The number of quaternary nitrogens is 1. The number of Topliss-reactive ketones (excluding diaryl/α,β-unsaturated/α-hetero) is 2. The summed E-state index contributed by atoms with van der Waals surface area (Å²) in [4.78, 5) is 26.4. The van der Waals surface area contributed by atoms with Crippen molar-refractivity contribution >= 4 is 22.0 Å². The zero-order valence-electron chi connectivity index (χ0n) is 33.2. The summed E-state index contributed by atoms with van der Waals surface area (Å²) in [5.41, 5.74) is 0. The second-order valence-electron chi connectivity index (χ2n) is 14.8. The number of unbranched alkanes of at least 4 members (excludes halogenated alkanes) is 28. The van der Waals surface area contributed by atoms with Crippen LogP contribution in [-0.4, -0.2) is 42.4 Å². The van der Waals surface area contributed by atoms with Gasteiger partial charge >= 0.3 is 0 Å². The highest BCUT2D eigenvalue weighted by atomic mass is 32.3. The van der Waals surface area contributed by atoms with Crippen molar-refractivity contribution in [2.75, 3.05) is 6.61 Å². The second-order valence-corrected chi connectivity index (χ2v) is 15.8. The molecule has 0 rings (SSSR count). The summed E-state index contributed by atoms with van der Waals surface area (Å²) in [6.07, 6.45) is 36.0. The largest absolute Gasteiger partial charge is 0.726 e. The maximum atomic E-state index is 13.2. The Balaban J connectivity index is 0. The molecule has 0 aromatic heterocycles. The van der Waals surface area contributed by atoms with Crippen LogP contribution >= 0.6 is 0 Å². The summed E-state index contributed by atoms with van der Waals surface area (Å²) in [6.45, 7) is 4.11. The van der Waals surface area contributed by atoms with Crippen LogP contribution in [0.2, 0.25) is 0 Å². The van der Waals surface area contributed by atoms with Crippen molar-refractivity contribution in [2.45, 2.75) is 238 Å². The number of rotatable bonds is 40. The standard InChI is InChI=1S/C41H80O7S.H3N/c1-3-5-7-9-11-13-15-17-19-21-23-25-27-29-31-33-40(43)39(37-38(35-36-42)48-49(45,46)47)41(44)34-32-30-28-26-24-22-20-18-16-14-12-10-8-6-4-2;/h38-39,42H,3-37H2,1-2H3,(H,45,46,47);1H3. The van der Waals surface area contributed by atoms with Gasteiger partial charge in [-0.15, -0.1) is 0 Å². The van der Waals surface area contributed by atoms with Gasteiger partial charge in [0, 0.05) is 19.4 Å². The fourth-order valence-corrected chi connectivity index (χ4v) is 7.42. The van der Waals surface area contributed by atoms with Crippen molar-refractivity contribution in [3.05, 3.63) is 0 Å². The lowest BCUT2D eigenvalue weighted by molar-refractivity contribution is -0.134. The summed E-state index contributed by atoms with van der Waals surface area (Å²) in [7, 11) is -5.01. The first-order chi connectivity index (χ1) is 23.7. The van der Waals surface area contributed by atoms with Crippen molar-refractivity contribution in [1.29, 1.82) is 0 Å². The van der Waals surface area contributed by atoms with E-state index < -0.39 is 29.0 Å². The normalized spacial score (nSPS) is 12.3. The quantitative estimate of drug-likeness (QED) is 0.0274. The molecular formula is C41H83NO7S. The Morgan fingerprint density at radius 2 is 0.780 bits per heavy atom. The number of aliphatic hydroxyl groups excluding tert-OH is 1. The van der Waals surface area contributed by atoms with Gasteiger partial charge in [-0.1, -0.05) is 194 Å². The minimum atomic E-state index is -5.01. The van der Waals surface area contributed by atoms with Crippen LogP contribution in [0.1, 0.15) is 232 Å². The molecule has 1 atom stereocenters. The van der Waals surface area contributed by atoms with Gasteiger partial charge in [0.15, 0.2) is 0 Å². The average Bonchev–Trinajstić information content (AvgIpc) is 3.06. The summed E-state index contributed by atoms with van der Waals surface area (Å²) in [6, 6.07) is 0. The van der Waals surface area contributed by atoms with Crippen molar-refractivity contribution in [3.8, 4) is 0 Å². The van der Waals surface area contributed by atoms with Gasteiger partial charge in [0.05, 0.1) is 12.0 Å². The van der Waals surface area contributed by atoms with Crippen LogP contribution in [0.25, 0.3) is 0 Å². The minimum absolute atomic E-state index is 0. The molecule has 8 nitrogen and oxygen atoms in total. The van der Waals surface area contributed by atoms with Crippen LogP contribution in [0.4, 0.5) is 0 Å². The van der Waals surface area contributed by atoms with Crippen molar-refractivity contribution in [3.63, 3.8) is 0 Å². The Morgan fingerprint density at radius 3 is 1.02 bits per heavy atom. The third kappa shape index (κ3) is 35.5. The fourth-order valence-electron chi connectivity index (χ4n) is 6.91. The summed E-state index contributed by atoms with van der Waals surface area (Å²) >= 11 is 0. The molecule has 1 unspecified atom stereocenters. The molecule has 0 fully saturated rings. The zero-order chi connectivity index (χ0) is 36.3. The van der Waals surface area contributed by atoms with Gasteiger partial charge in [-0.25, -0.2) is 8.42 Å². The lowest BCUT2D eigenvalue weighted by Crippen LogP contribution is -2.31. The summed E-state index contributed by atoms with van der Waals surface area (Å²) < 4.78 is 38.4. The van der Waals surface area contributed by atoms with Gasteiger partial charge in [-0.05, 0) is 25.7 Å². The van der Waals surface area contributed by atoms with Crippen LogP contribution in [0.15, 0.2) is 0 Å². The molecule has 0 aromatic rings. The topological polar surface area (TPSA) is 157 Å². The first-order valence-corrected chi connectivity index (χ1v) is 22.4. The molecule has 0 spiro atoms. The monoisotopic (exact) mass is 734 g/mol. The third-order valence-electron chi connectivity index (χ3n) is 10.0. The molecule has 0 aliphatic rings. The number of hydrogen-bond acceptors (Lipinski definition) is 7. The third-order valence-corrected chi connectivity index (χ3v) is 10.5. The molecule has 0 aromatic carbocycles. The second kappa shape index (κ2) is 37.9. The van der Waals surface area contributed by atoms with Gasteiger partial charge in [0.25, 0.3) is 0 Å². The van der Waals surface area contributed by atoms with E-state index in [0.717, 1.165) is 38.5 Å². The molecule has 0 radical (unpaired) electrons. The molecule has 0 amide bonds. The van der Waals surface area contributed by atoms with Crippen LogP contribution in [-0.2, 0) is 24.2 Å². The SMILES string of the molecule is CCCCCCCCCCCCCCCCCC(=O)C(CC(CCO)OS(=O)(=O)[O-])C(=O)CCCCCCCCCCCCCCCCC.[NH4+]. The predicted molar refractivity (Wildman–Crippen MR) is 209 cm³/mol.